The van der Waals surface area contributed by atoms with E-state index in [9.17, 15) is 0 Å². The Labute approximate surface area is 73.4 Å². The highest BCUT2D eigenvalue weighted by molar-refractivity contribution is 14.0. The van der Waals surface area contributed by atoms with Crippen LogP contribution in [-0.2, 0) is 0 Å². The van der Waals surface area contributed by atoms with E-state index in [1.54, 1.807) is 0 Å². The molecule has 0 rings (SSSR count). The van der Waals surface area contributed by atoms with Crippen LogP contribution in [0, 0.1) is 0 Å². The third-order valence-corrected chi connectivity index (χ3v) is 0.500. The van der Waals surface area contributed by atoms with Crippen molar-refractivity contribution >= 4 is 41.3 Å². The summed E-state index contributed by atoms with van der Waals surface area (Å²) in [7, 11) is 0. The van der Waals surface area contributed by atoms with Crippen molar-refractivity contribution in [2.45, 2.75) is 13.8 Å². The number of nitrogens with one attached hydrogen (secondary N) is 1. The fourth-order valence-electron chi connectivity index (χ4n) is 0.250. The van der Waals surface area contributed by atoms with Gasteiger partial charge >= 0.3 is 0 Å². The molecular weight excluding hydrogens is 216 g/mol. The highest BCUT2D eigenvalue weighted by Gasteiger charge is 1.62. The van der Waals surface area contributed by atoms with Crippen LogP contribution in [0.1, 0.15) is 13.8 Å². The molecule has 0 aliphatic rings. The minimum Gasteiger partial charge on any atom is -0.317 e. The molecule has 0 atom stereocenters. The predicted molar refractivity (Wildman–Crippen MR) is 49.6 cm³/mol. The maximum atomic E-state index is 3.11. The molecule has 1 N–H and O–H groups in total. The topological polar surface area (TPSA) is 12.0 Å². The fourth-order valence-corrected chi connectivity index (χ4v) is 0.250. The van der Waals surface area contributed by atoms with E-state index >= 15 is 0 Å². The zero-order valence-electron chi connectivity index (χ0n) is 4.32. The van der Waals surface area contributed by atoms with Gasteiger partial charge in [0, 0.05) is 0 Å². The largest absolute Gasteiger partial charge is 0.317 e. The van der Waals surface area contributed by atoms with Gasteiger partial charge in [-0.15, -0.1) is 24.0 Å². The van der Waals surface area contributed by atoms with Crippen LogP contribution in [0.2, 0.25) is 0 Å². The molecule has 0 aliphatic heterocycles. The average Bonchev–Trinajstić information content (AvgIpc) is 1.41. The van der Waals surface area contributed by atoms with Gasteiger partial charge in [0.2, 0.25) is 0 Å². The van der Waals surface area contributed by atoms with Gasteiger partial charge in [0.25, 0.3) is 0 Å². The average molecular weight is 231 g/mol. The second-order valence-electron chi connectivity index (χ2n) is 0.957. The first-order chi connectivity index (χ1) is 2.41. The van der Waals surface area contributed by atoms with E-state index in [1.165, 1.54) is 0 Å². The molecule has 7 heavy (non-hydrogen) atoms. The summed E-state index contributed by atoms with van der Waals surface area (Å²) < 4.78 is 0. The summed E-state index contributed by atoms with van der Waals surface area (Å²) in [5, 5.41) is 3.11. The smallest absolute Gasteiger partial charge is 0.187 e. The Morgan fingerprint density at radius 3 is 1.43 bits per heavy atom. The Balaban J connectivity index is -0.0000000800. The van der Waals surface area contributed by atoms with Crippen molar-refractivity contribution in [3.05, 3.63) is 0 Å². The molecule has 0 unspecified atom stereocenters. The molecule has 0 aromatic heterocycles. The molecule has 3 heteroatoms. The Bertz CT molecular complexity index is 19.2. The number of rotatable bonds is 2. The third-order valence-electron chi connectivity index (χ3n) is 0.500. The monoisotopic (exact) mass is 231 g/mol. The van der Waals surface area contributed by atoms with Gasteiger partial charge in [0.05, 0.1) is 0 Å². The van der Waals surface area contributed by atoms with Crippen LogP contribution < -0.4 is 5.32 Å². The first kappa shape index (κ1) is 15.7. The van der Waals surface area contributed by atoms with Gasteiger partial charge in [0.15, 0.2) is 17.4 Å². The number of hydrogen-bond acceptors (Lipinski definition) is 1. The maximum Gasteiger partial charge on any atom is 0.187 e. The van der Waals surface area contributed by atoms with Crippen LogP contribution >= 0.6 is 24.0 Å². The first-order valence-electron chi connectivity index (χ1n) is 2.12. The SMILES string of the molecule is CCNCC.I.[AlH3]. The molecule has 1 nitrogen and oxygen atoms in total. The zero-order valence-corrected chi connectivity index (χ0v) is 6.65. The summed E-state index contributed by atoms with van der Waals surface area (Å²) >= 11 is 0. The van der Waals surface area contributed by atoms with Crippen LogP contribution in [0.15, 0.2) is 0 Å². The molecule has 0 aromatic rings. The number of halogens is 1. The lowest BCUT2D eigenvalue weighted by atomic mass is 10.7. The summed E-state index contributed by atoms with van der Waals surface area (Å²) in [5.41, 5.74) is 0. The minimum atomic E-state index is 0. The highest BCUT2D eigenvalue weighted by Crippen LogP contribution is 1.47. The zero-order chi connectivity index (χ0) is 4.12. The van der Waals surface area contributed by atoms with Crippen molar-refractivity contribution in [2.75, 3.05) is 13.1 Å². The standard InChI is InChI=1S/C4H11N.Al.HI.3H/c1-3-5-4-2;;;;;/h5H,3-4H2,1-2H3;;1H;;;. The highest BCUT2D eigenvalue weighted by atomic mass is 127. The molecule has 0 amide bonds. The molecule has 0 saturated heterocycles. The predicted octanol–water partition coefficient (Wildman–Crippen LogP) is 0.0499. The molecule has 0 bridgehead atoms. The van der Waals surface area contributed by atoms with E-state index in [0.29, 0.717) is 0 Å². The van der Waals surface area contributed by atoms with Gasteiger partial charge in [-0.3, -0.25) is 0 Å². The Morgan fingerprint density at radius 2 is 1.43 bits per heavy atom. The normalized spacial score (nSPS) is 6.00. The fraction of sp³-hybridized carbons (Fsp3) is 1.00. The molecule has 0 aliphatic carbocycles. The van der Waals surface area contributed by atoms with Crippen LogP contribution in [0.4, 0.5) is 0 Å². The minimum absolute atomic E-state index is 0. The van der Waals surface area contributed by atoms with E-state index < -0.39 is 0 Å². The molecule has 46 valence electrons. The number of hydrogen-bond donors (Lipinski definition) is 1. The summed E-state index contributed by atoms with van der Waals surface area (Å²) in [6.07, 6.45) is 0. The van der Waals surface area contributed by atoms with E-state index in [0.717, 1.165) is 13.1 Å². The van der Waals surface area contributed by atoms with Crippen LogP contribution in [-0.4, -0.2) is 30.5 Å². The second kappa shape index (κ2) is 15.7. The van der Waals surface area contributed by atoms with Crippen LogP contribution in [0.25, 0.3) is 0 Å². The van der Waals surface area contributed by atoms with Crippen LogP contribution in [0.5, 0.6) is 0 Å². The lowest BCUT2D eigenvalue weighted by Crippen LogP contribution is -2.09. The lowest BCUT2D eigenvalue weighted by Gasteiger charge is -1.86. The van der Waals surface area contributed by atoms with Gasteiger partial charge in [-0.05, 0) is 13.1 Å². The molecule has 0 spiro atoms. The van der Waals surface area contributed by atoms with E-state index in [1.807, 2.05) is 0 Å². The maximum absolute atomic E-state index is 3.11. The summed E-state index contributed by atoms with van der Waals surface area (Å²) in [6, 6.07) is 0. The van der Waals surface area contributed by atoms with E-state index in [2.05, 4.69) is 19.2 Å². The van der Waals surface area contributed by atoms with Crippen molar-refractivity contribution in [1.82, 2.24) is 5.32 Å². The van der Waals surface area contributed by atoms with Gasteiger partial charge < -0.3 is 5.32 Å². The molecule has 0 fully saturated rings. The Kier molecular flexibility index (Phi) is 35.2. The van der Waals surface area contributed by atoms with Crippen molar-refractivity contribution in [3.8, 4) is 0 Å². The van der Waals surface area contributed by atoms with E-state index in [-0.39, 0.29) is 41.3 Å². The Hall–Kier alpha value is 1.22. The van der Waals surface area contributed by atoms with Crippen molar-refractivity contribution in [1.29, 1.82) is 0 Å². The summed E-state index contributed by atoms with van der Waals surface area (Å²) in [4.78, 5) is 0. The molecule has 0 heterocycles. The Morgan fingerprint density at radius 1 is 1.14 bits per heavy atom. The quantitative estimate of drug-likeness (QED) is 0.523. The molecule has 0 radical (unpaired) electrons. The van der Waals surface area contributed by atoms with Gasteiger partial charge in [-0.25, -0.2) is 0 Å². The summed E-state index contributed by atoms with van der Waals surface area (Å²) in [5.74, 6) is 0. The molecule has 0 saturated carbocycles. The lowest BCUT2D eigenvalue weighted by molar-refractivity contribution is 0.762. The van der Waals surface area contributed by atoms with Crippen molar-refractivity contribution in [3.63, 3.8) is 0 Å². The molecular formula is C4H15AlIN. The third kappa shape index (κ3) is 19.0. The second-order valence-corrected chi connectivity index (χ2v) is 0.957. The van der Waals surface area contributed by atoms with E-state index in [4.69, 9.17) is 0 Å². The van der Waals surface area contributed by atoms with Crippen molar-refractivity contribution < 1.29 is 0 Å². The van der Waals surface area contributed by atoms with Crippen LogP contribution in [0.3, 0.4) is 0 Å². The van der Waals surface area contributed by atoms with Gasteiger partial charge in [0.1, 0.15) is 0 Å². The summed E-state index contributed by atoms with van der Waals surface area (Å²) in [6.45, 7) is 6.39. The van der Waals surface area contributed by atoms with Gasteiger partial charge in [-0.1, -0.05) is 13.8 Å². The first-order valence-corrected chi connectivity index (χ1v) is 2.12. The van der Waals surface area contributed by atoms with Crippen molar-refractivity contribution in [2.24, 2.45) is 0 Å². The van der Waals surface area contributed by atoms with Gasteiger partial charge in [-0.2, -0.15) is 0 Å². The molecule has 0 aromatic carbocycles.